The predicted molar refractivity (Wildman–Crippen MR) is 106 cm³/mol. The molecule has 3 nitrogen and oxygen atoms in total. The van der Waals surface area contributed by atoms with Crippen molar-refractivity contribution in [3.05, 3.63) is 71.8 Å². The van der Waals surface area contributed by atoms with Gasteiger partial charge in [-0.1, -0.05) is 48.5 Å². The molecule has 138 valence electrons. The molecule has 3 rings (SSSR count). The van der Waals surface area contributed by atoms with Gasteiger partial charge in [-0.25, -0.2) is 0 Å². The minimum atomic E-state index is 0.0149. The molecule has 0 spiro atoms. The number of hydrogen-bond donors (Lipinski definition) is 2. The Labute approximate surface area is 157 Å². The molecule has 3 heteroatoms. The molecular formula is C23H31N2O+. The summed E-state index contributed by atoms with van der Waals surface area (Å²) in [4.78, 5) is 14.4. The van der Waals surface area contributed by atoms with Crippen LogP contribution in [-0.2, 0) is 0 Å². The zero-order valence-electron chi connectivity index (χ0n) is 15.6. The summed E-state index contributed by atoms with van der Waals surface area (Å²) >= 11 is 0. The van der Waals surface area contributed by atoms with E-state index in [2.05, 4.69) is 29.6 Å². The largest absolute Gasteiger partial charge is 0.345 e. The van der Waals surface area contributed by atoms with E-state index in [9.17, 15) is 4.79 Å². The average Bonchev–Trinajstić information content (AvgIpc) is 2.72. The highest BCUT2D eigenvalue weighted by atomic mass is 16.1. The lowest BCUT2D eigenvalue weighted by Crippen LogP contribution is -3.12. The number of benzene rings is 2. The van der Waals surface area contributed by atoms with E-state index in [1.165, 1.54) is 50.9 Å². The molecule has 1 aliphatic rings. The summed E-state index contributed by atoms with van der Waals surface area (Å²) in [6.45, 7) is 3.95. The first kappa shape index (κ1) is 18.7. The van der Waals surface area contributed by atoms with Gasteiger partial charge in [-0.15, -0.1) is 0 Å². The van der Waals surface area contributed by atoms with Crippen LogP contribution in [0.15, 0.2) is 60.7 Å². The third-order valence-electron chi connectivity index (χ3n) is 5.38. The molecule has 1 saturated heterocycles. The Hall–Kier alpha value is -2.13. The fourth-order valence-corrected chi connectivity index (χ4v) is 3.86. The monoisotopic (exact) mass is 351 g/mol. The van der Waals surface area contributed by atoms with Crippen LogP contribution in [0.4, 0.5) is 0 Å². The van der Waals surface area contributed by atoms with Crippen molar-refractivity contribution in [1.82, 2.24) is 5.32 Å². The van der Waals surface area contributed by atoms with Gasteiger partial charge in [0.05, 0.1) is 25.7 Å². The van der Waals surface area contributed by atoms with E-state index in [1.807, 2.05) is 36.4 Å². The molecule has 1 fully saturated rings. The first-order chi connectivity index (χ1) is 12.8. The number of rotatable bonds is 8. The Morgan fingerprint density at radius 1 is 0.885 bits per heavy atom. The SMILES string of the molecule is O=C(NC(CCCC[NH+]1CCCCC1)c1ccccc1)c1ccccc1. The molecule has 1 unspecified atom stereocenters. The van der Waals surface area contributed by atoms with Gasteiger partial charge >= 0.3 is 0 Å². The van der Waals surface area contributed by atoms with Gasteiger partial charge in [0, 0.05) is 5.56 Å². The molecule has 2 aromatic rings. The molecule has 0 radical (unpaired) electrons. The van der Waals surface area contributed by atoms with Gasteiger partial charge in [0.2, 0.25) is 0 Å². The highest BCUT2D eigenvalue weighted by Crippen LogP contribution is 2.20. The van der Waals surface area contributed by atoms with Crippen LogP contribution in [0, 0.1) is 0 Å². The van der Waals surface area contributed by atoms with Gasteiger partial charge < -0.3 is 10.2 Å². The first-order valence-electron chi connectivity index (χ1n) is 10.1. The maximum absolute atomic E-state index is 12.6. The highest BCUT2D eigenvalue weighted by molar-refractivity contribution is 5.94. The molecule has 0 bridgehead atoms. The molecule has 1 atom stereocenters. The van der Waals surface area contributed by atoms with Crippen LogP contribution < -0.4 is 10.2 Å². The van der Waals surface area contributed by atoms with Crippen molar-refractivity contribution >= 4 is 5.91 Å². The predicted octanol–water partition coefficient (Wildman–Crippen LogP) is 3.40. The topological polar surface area (TPSA) is 33.5 Å². The number of carbonyl (C=O) groups is 1. The van der Waals surface area contributed by atoms with Gasteiger partial charge in [-0.2, -0.15) is 0 Å². The molecule has 2 aromatic carbocycles. The van der Waals surface area contributed by atoms with E-state index in [1.54, 1.807) is 4.90 Å². The Morgan fingerprint density at radius 2 is 1.54 bits per heavy atom. The summed E-state index contributed by atoms with van der Waals surface area (Å²) in [5.41, 5.74) is 1.92. The minimum absolute atomic E-state index is 0.0149. The van der Waals surface area contributed by atoms with E-state index in [0.29, 0.717) is 0 Å². The van der Waals surface area contributed by atoms with Crippen LogP contribution in [0.25, 0.3) is 0 Å². The highest BCUT2D eigenvalue weighted by Gasteiger charge is 2.17. The van der Waals surface area contributed by atoms with E-state index >= 15 is 0 Å². The second-order valence-electron chi connectivity index (χ2n) is 7.36. The van der Waals surface area contributed by atoms with Gasteiger partial charge in [0.25, 0.3) is 5.91 Å². The third-order valence-corrected chi connectivity index (χ3v) is 5.38. The van der Waals surface area contributed by atoms with Gasteiger partial charge in [0.15, 0.2) is 0 Å². The Kier molecular flexibility index (Phi) is 7.26. The molecule has 1 aliphatic heterocycles. The van der Waals surface area contributed by atoms with Crippen LogP contribution in [0.3, 0.4) is 0 Å². The Morgan fingerprint density at radius 3 is 2.23 bits per heavy atom. The maximum Gasteiger partial charge on any atom is 0.251 e. The lowest BCUT2D eigenvalue weighted by Gasteiger charge is -2.24. The van der Waals surface area contributed by atoms with Crippen molar-refractivity contribution in [3.63, 3.8) is 0 Å². The Bertz CT molecular complexity index is 650. The summed E-state index contributed by atoms with van der Waals surface area (Å²) in [7, 11) is 0. The zero-order chi connectivity index (χ0) is 18.0. The van der Waals surface area contributed by atoms with E-state index in [0.717, 1.165) is 18.4 Å². The molecule has 0 aromatic heterocycles. The molecule has 1 amide bonds. The fraction of sp³-hybridized carbons (Fsp3) is 0.435. The van der Waals surface area contributed by atoms with E-state index in [-0.39, 0.29) is 11.9 Å². The van der Waals surface area contributed by atoms with Crippen molar-refractivity contribution in [2.75, 3.05) is 19.6 Å². The molecule has 0 saturated carbocycles. The number of quaternary nitrogens is 1. The average molecular weight is 352 g/mol. The number of likely N-dealkylation sites (tertiary alicyclic amines) is 1. The first-order valence-corrected chi connectivity index (χ1v) is 10.1. The maximum atomic E-state index is 12.6. The third kappa shape index (κ3) is 5.70. The molecular weight excluding hydrogens is 320 g/mol. The summed E-state index contributed by atoms with van der Waals surface area (Å²) in [6.07, 6.45) is 7.56. The van der Waals surface area contributed by atoms with Crippen molar-refractivity contribution < 1.29 is 9.69 Å². The molecule has 0 aliphatic carbocycles. The lowest BCUT2D eigenvalue weighted by molar-refractivity contribution is -0.905. The summed E-state index contributed by atoms with van der Waals surface area (Å²) < 4.78 is 0. The van der Waals surface area contributed by atoms with Crippen molar-refractivity contribution in [1.29, 1.82) is 0 Å². The quantitative estimate of drug-likeness (QED) is 0.702. The van der Waals surface area contributed by atoms with Crippen LogP contribution in [0.2, 0.25) is 0 Å². The van der Waals surface area contributed by atoms with Crippen LogP contribution in [0.5, 0.6) is 0 Å². The number of piperidine rings is 1. The van der Waals surface area contributed by atoms with E-state index < -0.39 is 0 Å². The van der Waals surface area contributed by atoms with Crippen molar-refractivity contribution in [2.24, 2.45) is 0 Å². The number of nitrogens with one attached hydrogen (secondary N) is 2. The number of amides is 1. The standard InChI is InChI=1S/C23H30N2O/c26-23(21-14-6-2-7-15-21)24-22(20-12-4-1-5-13-20)16-8-11-19-25-17-9-3-10-18-25/h1-2,4-7,12-15,22H,3,8-11,16-19H2,(H,24,26)/p+1. The van der Waals surface area contributed by atoms with Gasteiger partial charge in [-0.05, 0) is 56.2 Å². The number of hydrogen-bond acceptors (Lipinski definition) is 1. The van der Waals surface area contributed by atoms with Gasteiger partial charge in [-0.3, -0.25) is 4.79 Å². The van der Waals surface area contributed by atoms with Crippen molar-refractivity contribution in [2.45, 2.75) is 44.6 Å². The Balaban J connectivity index is 1.54. The second-order valence-corrected chi connectivity index (χ2v) is 7.36. The van der Waals surface area contributed by atoms with E-state index in [4.69, 9.17) is 0 Å². The summed E-state index contributed by atoms with van der Waals surface area (Å²) in [6, 6.07) is 19.9. The molecule has 1 heterocycles. The normalized spacial score (nSPS) is 16.2. The summed E-state index contributed by atoms with van der Waals surface area (Å²) in [5, 5.41) is 3.24. The smallest absolute Gasteiger partial charge is 0.251 e. The lowest BCUT2D eigenvalue weighted by atomic mass is 10.00. The molecule has 26 heavy (non-hydrogen) atoms. The van der Waals surface area contributed by atoms with Crippen LogP contribution in [-0.4, -0.2) is 25.5 Å². The van der Waals surface area contributed by atoms with Gasteiger partial charge in [0.1, 0.15) is 0 Å². The number of unbranched alkanes of at least 4 members (excludes halogenated alkanes) is 1. The number of carbonyl (C=O) groups excluding carboxylic acids is 1. The second kappa shape index (κ2) is 10.1. The molecule has 2 N–H and O–H groups in total. The minimum Gasteiger partial charge on any atom is -0.345 e. The fourth-order valence-electron chi connectivity index (χ4n) is 3.86. The zero-order valence-corrected chi connectivity index (χ0v) is 15.6. The van der Waals surface area contributed by atoms with Crippen molar-refractivity contribution in [3.8, 4) is 0 Å². The van der Waals surface area contributed by atoms with Crippen LogP contribution >= 0.6 is 0 Å². The summed E-state index contributed by atoms with van der Waals surface area (Å²) in [5.74, 6) is 0.0149. The van der Waals surface area contributed by atoms with Crippen LogP contribution in [0.1, 0.15) is 60.5 Å².